The van der Waals surface area contributed by atoms with Crippen molar-refractivity contribution >= 4 is 22.4 Å². The van der Waals surface area contributed by atoms with E-state index in [-0.39, 0.29) is 23.5 Å². The summed E-state index contributed by atoms with van der Waals surface area (Å²) in [7, 11) is -1.58. The first-order valence-corrected chi connectivity index (χ1v) is 16.1. The second-order valence-electron chi connectivity index (χ2n) is 10.7. The molecule has 0 aliphatic carbocycles. The molecule has 5 N–H and O–H groups in total. The van der Waals surface area contributed by atoms with Crippen LogP contribution in [0.5, 0.6) is 5.75 Å². The average molecular weight is 600 g/mol. The number of aliphatic hydroxyl groups is 1. The van der Waals surface area contributed by atoms with Crippen LogP contribution in [0, 0.1) is 5.82 Å². The fourth-order valence-electron chi connectivity index (χ4n) is 5.22. The van der Waals surface area contributed by atoms with Crippen molar-refractivity contribution in [1.29, 1.82) is 0 Å². The highest BCUT2D eigenvalue weighted by atomic mass is 32.3. The quantitative estimate of drug-likeness (QED) is 0.175. The van der Waals surface area contributed by atoms with Gasteiger partial charge in [-0.2, -0.15) is 0 Å². The van der Waals surface area contributed by atoms with E-state index in [4.69, 9.17) is 4.74 Å². The normalized spacial score (nSPS) is 16.9. The van der Waals surface area contributed by atoms with E-state index in [0.29, 0.717) is 38.8 Å². The van der Waals surface area contributed by atoms with E-state index < -0.39 is 34.6 Å². The maximum absolute atomic E-state index is 16.0. The number of halogens is 1. The number of nitrogens with one attached hydrogen (secondary N) is 2. The number of carbonyl (C=O) groups excluding carboxylic acids is 1. The Morgan fingerprint density at radius 2 is 1.81 bits per heavy atom. The number of methoxy groups -OCH3 is 1. The van der Waals surface area contributed by atoms with E-state index in [1.807, 2.05) is 61.5 Å². The van der Waals surface area contributed by atoms with Crippen LogP contribution in [-0.4, -0.2) is 58.2 Å². The molecule has 228 valence electrons. The maximum Gasteiger partial charge on any atom is 0.254 e. The lowest BCUT2D eigenvalue weighted by molar-refractivity contribution is 0.0826. The number of benzene rings is 3. The van der Waals surface area contributed by atoms with Crippen LogP contribution in [0.15, 0.2) is 66.7 Å². The third-order valence-electron chi connectivity index (χ3n) is 7.44. The summed E-state index contributed by atoms with van der Waals surface area (Å²) in [6.45, 7) is 2.96. The summed E-state index contributed by atoms with van der Waals surface area (Å²) >= 11 is 0. The molecule has 1 aliphatic rings. The van der Waals surface area contributed by atoms with Gasteiger partial charge in [-0.15, -0.1) is 10.8 Å². The van der Waals surface area contributed by atoms with Gasteiger partial charge in [-0.05, 0) is 66.6 Å². The summed E-state index contributed by atoms with van der Waals surface area (Å²) in [5, 5.41) is 17.3. The zero-order chi connectivity index (χ0) is 30.1. The van der Waals surface area contributed by atoms with E-state index in [9.17, 15) is 19.0 Å². The van der Waals surface area contributed by atoms with Gasteiger partial charge in [0.25, 0.3) is 5.91 Å². The molecule has 4 rings (SSSR count). The largest absolute Gasteiger partial charge is 0.497 e. The van der Waals surface area contributed by atoms with E-state index in [1.165, 1.54) is 10.4 Å². The van der Waals surface area contributed by atoms with Gasteiger partial charge in [0, 0.05) is 19.6 Å². The number of carbonyl (C=O) groups is 1. The first-order chi connectivity index (χ1) is 20.2. The molecule has 1 heterocycles. The molecular formula is C32H42FN3O5S. The van der Waals surface area contributed by atoms with Gasteiger partial charge in [-0.1, -0.05) is 55.8 Å². The van der Waals surface area contributed by atoms with Crippen molar-refractivity contribution in [2.75, 3.05) is 30.3 Å². The first kappa shape index (κ1) is 31.8. The molecule has 42 heavy (non-hydrogen) atoms. The predicted octanol–water partition coefficient (Wildman–Crippen LogP) is 5.54. The zero-order valence-corrected chi connectivity index (χ0v) is 25.1. The van der Waals surface area contributed by atoms with Gasteiger partial charge in [0.15, 0.2) is 5.82 Å². The molecule has 3 aromatic rings. The highest BCUT2D eigenvalue weighted by Gasteiger charge is 2.32. The van der Waals surface area contributed by atoms with Gasteiger partial charge in [0.05, 0.1) is 36.3 Å². The fourth-order valence-corrected chi connectivity index (χ4v) is 6.90. The molecule has 0 spiro atoms. The number of anilines is 1. The minimum atomic E-state index is -3.18. The Balaban J connectivity index is 1.56. The van der Waals surface area contributed by atoms with Gasteiger partial charge in [0.2, 0.25) is 0 Å². The molecule has 0 bridgehead atoms. The number of rotatable bonds is 13. The smallest absolute Gasteiger partial charge is 0.254 e. The molecule has 0 saturated carbocycles. The highest BCUT2D eigenvalue weighted by Crippen LogP contribution is 2.50. The SMILES string of the molecule is CCCc1cc(C(=O)NC(Cc2ccccc2)C(O)CNCc2cccc(OC)c2)c(F)c(N2CCCCS2(O)O)c1. The predicted molar refractivity (Wildman–Crippen MR) is 167 cm³/mol. The molecule has 1 fully saturated rings. The molecule has 10 heteroatoms. The van der Waals surface area contributed by atoms with Crippen LogP contribution >= 0.6 is 10.8 Å². The van der Waals surface area contributed by atoms with Crippen LogP contribution in [-0.2, 0) is 19.4 Å². The van der Waals surface area contributed by atoms with Crippen molar-refractivity contribution in [3.63, 3.8) is 0 Å². The third kappa shape index (κ3) is 8.23. The Labute approximate surface area is 249 Å². The van der Waals surface area contributed by atoms with Crippen LogP contribution in [0.3, 0.4) is 0 Å². The lowest BCUT2D eigenvalue weighted by Crippen LogP contribution is -2.49. The maximum atomic E-state index is 16.0. The second kappa shape index (κ2) is 14.8. The van der Waals surface area contributed by atoms with Crippen molar-refractivity contribution in [2.45, 2.75) is 57.7 Å². The number of ether oxygens (including phenoxy) is 1. The monoisotopic (exact) mass is 599 g/mol. The van der Waals surface area contributed by atoms with Crippen LogP contribution in [0.2, 0.25) is 0 Å². The van der Waals surface area contributed by atoms with Gasteiger partial charge in [0.1, 0.15) is 5.75 Å². The third-order valence-corrected chi connectivity index (χ3v) is 9.37. The Kier molecular flexibility index (Phi) is 11.2. The van der Waals surface area contributed by atoms with Gasteiger partial charge < -0.3 is 20.5 Å². The summed E-state index contributed by atoms with van der Waals surface area (Å²) in [6.07, 6.45) is 2.08. The lowest BCUT2D eigenvalue weighted by atomic mass is 9.99. The number of aliphatic hydroxyl groups excluding tert-OH is 1. The molecule has 1 amide bonds. The standard InChI is InChI=1S/C32H42FN3O5S/c1-3-10-24-18-27(31(33)29(20-24)36-15-7-8-16-42(36,39)40)32(38)35-28(19-23-11-5-4-6-12-23)30(37)22-34-21-25-13-9-14-26(17-25)41-2/h4-6,9,11-14,17-18,20,28,30,34,37,39-40H,3,7-8,10,15-16,19,21-22H2,1-2H3,(H,35,38). The molecule has 2 atom stereocenters. The molecule has 8 nitrogen and oxygen atoms in total. The number of hydrogen-bond acceptors (Lipinski definition) is 7. The van der Waals surface area contributed by atoms with E-state index in [1.54, 1.807) is 13.2 Å². The van der Waals surface area contributed by atoms with Gasteiger partial charge in [-0.3, -0.25) is 18.2 Å². The summed E-state index contributed by atoms with van der Waals surface area (Å²) in [5.41, 5.74) is 2.49. The zero-order valence-electron chi connectivity index (χ0n) is 24.3. The highest BCUT2D eigenvalue weighted by molar-refractivity contribution is 8.25. The Hall–Kier alpha value is -3.15. The fraction of sp³-hybridized carbons (Fsp3) is 0.406. The Morgan fingerprint density at radius 1 is 1.05 bits per heavy atom. The van der Waals surface area contributed by atoms with Crippen LogP contribution in [0.1, 0.15) is 53.2 Å². The average Bonchev–Trinajstić information content (AvgIpc) is 2.98. The first-order valence-electron chi connectivity index (χ1n) is 14.4. The summed E-state index contributed by atoms with van der Waals surface area (Å²) in [5.74, 6) is -0.548. The molecule has 3 aromatic carbocycles. The van der Waals surface area contributed by atoms with E-state index in [0.717, 1.165) is 28.9 Å². The summed E-state index contributed by atoms with van der Waals surface area (Å²) < 4.78 is 44.0. The van der Waals surface area contributed by atoms with Crippen LogP contribution in [0.25, 0.3) is 0 Å². The summed E-state index contributed by atoms with van der Waals surface area (Å²) in [4.78, 5) is 13.7. The van der Waals surface area contributed by atoms with Gasteiger partial charge >= 0.3 is 0 Å². The molecule has 0 radical (unpaired) electrons. The lowest BCUT2D eigenvalue weighted by Gasteiger charge is -2.47. The van der Waals surface area contributed by atoms with E-state index in [2.05, 4.69) is 10.6 Å². The molecule has 0 aromatic heterocycles. The van der Waals surface area contributed by atoms with E-state index >= 15 is 4.39 Å². The molecule has 1 saturated heterocycles. The number of hydrogen-bond donors (Lipinski definition) is 5. The van der Waals surface area contributed by atoms with Crippen LogP contribution < -0.4 is 19.7 Å². The number of aryl methyl sites for hydroxylation is 1. The van der Waals surface area contributed by atoms with Crippen molar-refractivity contribution < 1.29 is 28.1 Å². The molecule has 2 unspecified atom stereocenters. The topological polar surface area (TPSA) is 114 Å². The van der Waals surface area contributed by atoms with Crippen molar-refractivity contribution in [2.24, 2.45) is 0 Å². The number of amides is 1. The van der Waals surface area contributed by atoms with Crippen molar-refractivity contribution in [1.82, 2.24) is 10.6 Å². The molecular weight excluding hydrogens is 557 g/mol. The van der Waals surface area contributed by atoms with Crippen molar-refractivity contribution in [3.8, 4) is 5.75 Å². The van der Waals surface area contributed by atoms with Crippen LogP contribution in [0.4, 0.5) is 10.1 Å². The summed E-state index contributed by atoms with van der Waals surface area (Å²) in [6, 6.07) is 19.5. The van der Waals surface area contributed by atoms with Gasteiger partial charge in [-0.25, -0.2) is 4.39 Å². The molecule has 1 aliphatic heterocycles. The Morgan fingerprint density at radius 3 is 2.52 bits per heavy atom. The minimum Gasteiger partial charge on any atom is -0.497 e. The van der Waals surface area contributed by atoms with Crippen molar-refractivity contribution in [3.05, 3.63) is 94.8 Å². The number of nitrogens with zero attached hydrogens (tertiary/aromatic N) is 1. The Bertz CT molecular complexity index is 1330. The second-order valence-corrected chi connectivity index (χ2v) is 12.8. The minimum absolute atomic E-state index is 0.0333.